The van der Waals surface area contributed by atoms with Crippen LogP contribution in [0.15, 0.2) is 82.2 Å². The van der Waals surface area contributed by atoms with Gasteiger partial charge in [-0.2, -0.15) is 0 Å². The van der Waals surface area contributed by atoms with E-state index in [0.717, 1.165) is 15.6 Å². The van der Waals surface area contributed by atoms with E-state index in [-0.39, 0.29) is 10.6 Å². The first kappa shape index (κ1) is 20.0. The molecule has 4 rings (SSSR count). The van der Waals surface area contributed by atoms with Crippen LogP contribution in [0.4, 0.5) is 0 Å². The monoisotopic (exact) mass is 486 g/mol. The number of rotatable bonds is 5. The van der Waals surface area contributed by atoms with E-state index in [1.807, 2.05) is 48.5 Å². The number of hydrogen-bond acceptors (Lipinski definition) is 4. The Balaban J connectivity index is 1.77. The van der Waals surface area contributed by atoms with Crippen molar-refractivity contribution < 1.29 is 8.42 Å². The highest BCUT2D eigenvalue weighted by Gasteiger charge is 2.20. The van der Waals surface area contributed by atoms with Crippen molar-refractivity contribution in [2.45, 2.75) is 17.1 Å². The summed E-state index contributed by atoms with van der Waals surface area (Å²) in [4.78, 5) is 9.62. The Hall–Kier alpha value is -2.28. The fraction of sp³-hybridized carbons (Fsp3) is 0.0909. The zero-order valence-corrected chi connectivity index (χ0v) is 18.4. The van der Waals surface area contributed by atoms with Gasteiger partial charge in [-0.1, -0.05) is 51.8 Å². The predicted octanol–water partition coefficient (Wildman–Crippen LogP) is 5.61. The zero-order valence-electron chi connectivity index (χ0n) is 15.2. The van der Waals surface area contributed by atoms with Crippen molar-refractivity contribution in [3.63, 3.8) is 0 Å². The summed E-state index contributed by atoms with van der Waals surface area (Å²) in [6.45, 7) is 0. The van der Waals surface area contributed by atoms with Crippen LogP contribution in [0, 0.1) is 0 Å². The van der Waals surface area contributed by atoms with Crippen molar-refractivity contribution >= 4 is 48.4 Å². The van der Waals surface area contributed by atoms with Crippen LogP contribution < -0.4 is 0 Å². The summed E-state index contributed by atoms with van der Waals surface area (Å²) in [5, 5.41) is 0.649. The fourth-order valence-corrected chi connectivity index (χ4v) is 4.73. The minimum Gasteiger partial charge on any atom is -0.249 e. The number of fused-ring (bicyclic) bond motifs is 1. The summed E-state index contributed by atoms with van der Waals surface area (Å²) < 4.78 is 26.8. The number of aromatic nitrogens is 2. The predicted molar refractivity (Wildman–Crippen MR) is 119 cm³/mol. The highest BCUT2D eigenvalue weighted by molar-refractivity contribution is 9.10. The molecule has 0 spiro atoms. The average Bonchev–Trinajstić information content (AvgIpc) is 2.70. The molecule has 0 radical (unpaired) electrons. The first-order chi connectivity index (χ1) is 13.9. The van der Waals surface area contributed by atoms with Crippen LogP contribution >= 0.6 is 27.5 Å². The van der Waals surface area contributed by atoms with Gasteiger partial charge in [0.05, 0.1) is 33.1 Å². The summed E-state index contributed by atoms with van der Waals surface area (Å²) in [7, 11) is -3.56. The molecule has 7 heteroatoms. The Morgan fingerprint density at radius 3 is 2.00 bits per heavy atom. The lowest BCUT2D eigenvalue weighted by Crippen LogP contribution is -2.11. The van der Waals surface area contributed by atoms with Crippen molar-refractivity contribution in [2.24, 2.45) is 0 Å². The molecule has 0 bridgehead atoms. The molecule has 1 aromatic heterocycles. The fourth-order valence-electron chi connectivity index (χ4n) is 3.03. The van der Waals surface area contributed by atoms with Crippen molar-refractivity contribution in [1.82, 2.24) is 9.97 Å². The quantitative estimate of drug-likeness (QED) is 0.367. The van der Waals surface area contributed by atoms with Crippen molar-refractivity contribution in [3.8, 4) is 0 Å². The lowest BCUT2D eigenvalue weighted by Gasteiger charge is -2.11. The van der Waals surface area contributed by atoms with E-state index in [2.05, 4.69) is 20.9 Å². The minimum atomic E-state index is -3.56. The number of nitrogens with zero attached hydrogens (tertiary/aromatic N) is 2. The van der Waals surface area contributed by atoms with Gasteiger partial charge in [0.1, 0.15) is 0 Å². The Kier molecular flexibility index (Phi) is 5.67. The largest absolute Gasteiger partial charge is 0.249 e. The summed E-state index contributed by atoms with van der Waals surface area (Å²) in [5.41, 5.74) is 3.50. The molecule has 4 nitrogen and oxygen atoms in total. The Labute approximate surface area is 182 Å². The number of halogens is 2. The van der Waals surface area contributed by atoms with Crippen molar-refractivity contribution in [3.05, 3.63) is 99.2 Å². The molecule has 3 aromatic carbocycles. The number of hydrogen-bond donors (Lipinski definition) is 0. The van der Waals surface area contributed by atoms with Crippen molar-refractivity contribution in [1.29, 1.82) is 0 Å². The molecule has 0 atom stereocenters. The summed E-state index contributed by atoms with van der Waals surface area (Å²) >= 11 is 9.31. The Bertz CT molecular complexity index is 1270. The maximum atomic E-state index is 13.0. The van der Waals surface area contributed by atoms with Crippen LogP contribution in [-0.2, 0) is 22.0 Å². The van der Waals surface area contributed by atoms with E-state index in [9.17, 15) is 8.42 Å². The molecule has 0 unspecified atom stereocenters. The van der Waals surface area contributed by atoms with E-state index in [4.69, 9.17) is 16.6 Å². The molecule has 146 valence electrons. The average molecular weight is 488 g/mol. The van der Waals surface area contributed by atoms with Crippen LogP contribution in [0.2, 0.25) is 5.02 Å². The lowest BCUT2D eigenvalue weighted by molar-refractivity contribution is 0.594. The molecule has 0 saturated carbocycles. The van der Waals surface area contributed by atoms with Crippen molar-refractivity contribution in [2.75, 3.05) is 0 Å². The molecule has 0 aliphatic rings. The molecule has 0 N–H and O–H groups in total. The van der Waals surface area contributed by atoms with Gasteiger partial charge in [0.2, 0.25) is 0 Å². The first-order valence-corrected chi connectivity index (χ1v) is 11.7. The lowest BCUT2D eigenvalue weighted by atomic mass is 10.1. The van der Waals surface area contributed by atoms with Gasteiger partial charge in [-0.25, -0.2) is 18.4 Å². The van der Waals surface area contributed by atoms with Crippen LogP contribution in [0.5, 0.6) is 0 Å². The Morgan fingerprint density at radius 2 is 1.38 bits per heavy atom. The van der Waals surface area contributed by atoms with Gasteiger partial charge in [-0.15, -0.1) is 0 Å². The topological polar surface area (TPSA) is 59.9 Å². The molecular weight excluding hydrogens is 472 g/mol. The number of sulfone groups is 1. The maximum absolute atomic E-state index is 13.0. The standard InChI is InChI=1S/C22H16BrClN2O2S/c23-16-7-11-18(12-8-16)29(27,28)14-22-21(13-15-5-9-17(24)10-6-15)25-19-3-1-2-4-20(19)26-22/h1-12H,13-14H2. The Morgan fingerprint density at radius 1 is 0.793 bits per heavy atom. The van der Waals surface area contributed by atoms with Crippen LogP contribution in [0.1, 0.15) is 17.0 Å². The summed E-state index contributed by atoms with van der Waals surface area (Å²) in [5.74, 6) is -0.213. The highest BCUT2D eigenvalue weighted by atomic mass is 79.9. The third-order valence-corrected chi connectivity index (χ3v) is 6.93. The number of benzene rings is 3. The molecule has 0 amide bonds. The highest BCUT2D eigenvalue weighted by Crippen LogP contribution is 2.23. The van der Waals surface area contributed by atoms with E-state index in [1.165, 1.54) is 0 Å². The van der Waals surface area contributed by atoms with E-state index >= 15 is 0 Å². The molecular formula is C22H16BrClN2O2S. The SMILES string of the molecule is O=S(=O)(Cc1nc2ccccc2nc1Cc1ccc(Cl)cc1)c1ccc(Br)cc1. The number of para-hydroxylation sites is 2. The smallest absolute Gasteiger partial charge is 0.184 e. The molecule has 1 heterocycles. The normalized spacial score (nSPS) is 11.7. The molecule has 0 saturated heterocycles. The first-order valence-electron chi connectivity index (χ1n) is 8.88. The van der Waals surface area contributed by atoms with E-state index < -0.39 is 9.84 Å². The summed E-state index contributed by atoms with van der Waals surface area (Å²) in [6.07, 6.45) is 0.472. The van der Waals surface area contributed by atoms with Gasteiger partial charge in [-0.3, -0.25) is 0 Å². The zero-order chi connectivity index (χ0) is 20.4. The van der Waals surface area contributed by atoms with Crippen LogP contribution in [0.3, 0.4) is 0 Å². The molecule has 4 aromatic rings. The minimum absolute atomic E-state index is 0.213. The second-order valence-corrected chi connectivity index (χ2v) is 9.96. The molecule has 0 fully saturated rings. The second-order valence-electron chi connectivity index (χ2n) is 6.62. The summed E-state index contributed by atoms with van der Waals surface area (Å²) in [6, 6.07) is 21.5. The van der Waals surface area contributed by atoms with E-state index in [1.54, 1.807) is 24.3 Å². The van der Waals surface area contributed by atoms with Gasteiger partial charge >= 0.3 is 0 Å². The van der Waals surface area contributed by atoms with Gasteiger partial charge in [-0.05, 0) is 54.1 Å². The van der Waals surface area contributed by atoms with E-state index in [0.29, 0.717) is 28.3 Å². The third kappa shape index (κ3) is 4.66. The van der Waals surface area contributed by atoms with Gasteiger partial charge < -0.3 is 0 Å². The molecule has 0 aliphatic carbocycles. The van der Waals surface area contributed by atoms with Gasteiger partial charge in [0, 0.05) is 15.9 Å². The molecule has 29 heavy (non-hydrogen) atoms. The molecule has 0 aliphatic heterocycles. The van der Waals surface area contributed by atoms with Gasteiger partial charge in [0.15, 0.2) is 9.84 Å². The van der Waals surface area contributed by atoms with Crippen LogP contribution in [-0.4, -0.2) is 18.4 Å². The maximum Gasteiger partial charge on any atom is 0.184 e. The third-order valence-electron chi connectivity index (χ3n) is 4.51. The van der Waals surface area contributed by atoms with Gasteiger partial charge in [0.25, 0.3) is 0 Å². The second kappa shape index (κ2) is 8.22. The van der Waals surface area contributed by atoms with Crippen LogP contribution in [0.25, 0.3) is 11.0 Å².